The number of imidazole rings is 1. The molecule has 0 atom stereocenters. The Morgan fingerprint density at radius 2 is 1.81 bits per heavy atom. The molecule has 7 nitrogen and oxygen atoms in total. The Morgan fingerprint density at radius 3 is 2.49 bits per heavy atom. The SMILES string of the molecule is CC(=O)OCCCn1c(=NC(=O)c2cccc(C(F)F)c2)n(COCCS(C)(C)C)c2cc(I)ccc21. The fourth-order valence-electron chi connectivity index (χ4n) is 3.64. The number of ether oxygens (including phenoxy) is 2. The third-order valence-electron chi connectivity index (χ3n) is 5.48. The van der Waals surface area contributed by atoms with Gasteiger partial charge in [0.25, 0.3) is 12.3 Å². The second-order valence-electron chi connectivity index (χ2n) is 9.38. The van der Waals surface area contributed by atoms with Crippen LogP contribution in [0.3, 0.4) is 0 Å². The van der Waals surface area contributed by atoms with E-state index in [2.05, 4.69) is 46.4 Å². The van der Waals surface area contributed by atoms with Gasteiger partial charge in [0.1, 0.15) is 6.73 Å². The van der Waals surface area contributed by atoms with Crippen LogP contribution in [0.2, 0.25) is 0 Å². The van der Waals surface area contributed by atoms with Crippen LogP contribution in [0.5, 0.6) is 0 Å². The van der Waals surface area contributed by atoms with Gasteiger partial charge in [0.15, 0.2) is 0 Å². The van der Waals surface area contributed by atoms with Crippen molar-refractivity contribution in [3.05, 3.63) is 62.8 Å². The molecule has 0 fully saturated rings. The van der Waals surface area contributed by atoms with E-state index in [-0.39, 0.29) is 30.4 Å². The van der Waals surface area contributed by atoms with Crippen LogP contribution in [-0.4, -0.2) is 58.7 Å². The van der Waals surface area contributed by atoms with Crippen molar-refractivity contribution in [1.82, 2.24) is 9.13 Å². The molecule has 37 heavy (non-hydrogen) atoms. The summed E-state index contributed by atoms with van der Waals surface area (Å²) in [5.74, 6) is -0.0673. The van der Waals surface area contributed by atoms with Crippen LogP contribution >= 0.6 is 32.6 Å². The molecule has 0 unspecified atom stereocenters. The van der Waals surface area contributed by atoms with Crippen molar-refractivity contribution in [1.29, 1.82) is 0 Å². The summed E-state index contributed by atoms with van der Waals surface area (Å²) in [6.45, 7) is 2.72. The fraction of sp³-hybridized carbons (Fsp3) is 0.423. The Hall–Kier alpha value is -2.25. The van der Waals surface area contributed by atoms with Gasteiger partial charge in [0, 0.05) is 33.9 Å². The fourth-order valence-corrected chi connectivity index (χ4v) is 4.73. The molecule has 1 heterocycles. The van der Waals surface area contributed by atoms with Gasteiger partial charge >= 0.3 is 5.97 Å². The highest BCUT2D eigenvalue weighted by molar-refractivity contribution is 14.1. The van der Waals surface area contributed by atoms with Crippen LogP contribution in [0, 0.1) is 3.57 Å². The van der Waals surface area contributed by atoms with Crippen LogP contribution in [0.4, 0.5) is 8.78 Å². The molecule has 0 radical (unpaired) electrons. The van der Waals surface area contributed by atoms with E-state index in [1.807, 2.05) is 27.3 Å². The van der Waals surface area contributed by atoms with Gasteiger partial charge in [0.2, 0.25) is 5.62 Å². The first-order valence-corrected chi connectivity index (χ1v) is 15.8. The van der Waals surface area contributed by atoms with E-state index in [0.717, 1.165) is 20.4 Å². The molecule has 11 heteroatoms. The lowest BCUT2D eigenvalue weighted by atomic mass is 10.1. The molecule has 0 saturated carbocycles. The number of rotatable bonds is 11. The lowest BCUT2D eigenvalue weighted by Crippen LogP contribution is -2.29. The van der Waals surface area contributed by atoms with Crippen molar-refractivity contribution in [3.63, 3.8) is 0 Å². The van der Waals surface area contributed by atoms with E-state index in [4.69, 9.17) is 9.47 Å². The molecule has 1 amide bonds. The average molecular weight is 648 g/mol. The highest BCUT2D eigenvalue weighted by Gasteiger charge is 2.16. The molecular formula is C26H32F2IN3O4S. The molecule has 0 aliphatic carbocycles. The van der Waals surface area contributed by atoms with Crippen LogP contribution in [0.1, 0.15) is 35.7 Å². The normalized spacial score (nSPS) is 12.9. The van der Waals surface area contributed by atoms with Gasteiger partial charge in [-0.05, 0) is 78.1 Å². The quantitative estimate of drug-likeness (QED) is 0.160. The van der Waals surface area contributed by atoms with E-state index >= 15 is 0 Å². The van der Waals surface area contributed by atoms with Crippen molar-refractivity contribution in [3.8, 4) is 0 Å². The minimum atomic E-state index is -2.69. The molecule has 1 aromatic heterocycles. The Labute approximate surface area is 230 Å². The molecule has 0 bridgehead atoms. The Kier molecular flexibility index (Phi) is 10.3. The summed E-state index contributed by atoms with van der Waals surface area (Å²) >= 11 is 2.22. The first kappa shape index (κ1) is 29.3. The molecule has 0 aliphatic heterocycles. The first-order chi connectivity index (χ1) is 17.5. The second kappa shape index (κ2) is 13.0. The zero-order valence-corrected chi connectivity index (χ0v) is 24.4. The maximum Gasteiger partial charge on any atom is 0.302 e. The number of aryl methyl sites for hydroxylation is 1. The van der Waals surface area contributed by atoms with Gasteiger partial charge < -0.3 is 14.0 Å². The monoisotopic (exact) mass is 647 g/mol. The van der Waals surface area contributed by atoms with Crippen LogP contribution in [0.25, 0.3) is 11.0 Å². The molecule has 3 rings (SSSR count). The molecule has 0 aliphatic rings. The summed E-state index contributed by atoms with van der Waals surface area (Å²) in [5, 5.41) is 0. The Morgan fingerprint density at radius 1 is 1.05 bits per heavy atom. The molecule has 202 valence electrons. The number of carbonyl (C=O) groups is 2. The van der Waals surface area contributed by atoms with Crippen molar-refractivity contribution < 1.29 is 27.8 Å². The van der Waals surface area contributed by atoms with E-state index in [0.29, 0.717) is 25.2 Å². The smallest absolute Gasteiger partial charge is 0.302 e. The van der Waals surface area contributed by atoms with Gasteiger partial charge in [-0.25, -0.2) is 18.8 Å². The van der Waals surface area contributed by atoms with E-state index in [1.165, 1.54) is 31.2 Å². The first-order valence-electron chi connectivity index (χ1n) is 11.7. The number of esters is 1. The molecule has 0 saturated heterocycles. The summed E-state index contributed by atoms with van der Waals surface area (Å²) < 4.78 is 42.3. The van der Waals surface area contributed by atoms with Gasteiger partial charge in [-0.3, -0.25) is 14.2 Å². The Bertz CT molecular complexity index is 1330. The lowest BCUT2D eigenvalue weighted by Gasteiger charge is -2.24. The zero-order valence-electron chi connectivity index (χ0n) is 21.4. The van der Waals surface area contributed by atoms with Gasteiger partial charge in [-0.1, -0.05) is 12.1 Å². The van der Waals surface area contributed by atoms with Crippen molar-refractivity contribution in [2.75, 3.05) is 37.7 Å². The highest BCUT2D eigenvalue weighted by atomic mass is 127. The van der Waals surface area contributed by atoms with Crippen LogP contribution in [0.15, 0.2) is 47.5 Å². The molecule has 0 spiro atoms. The van der Waals surface area contributed by atoms with Gasteiger partial charge in [-0.2, -0.15) is 4.99 Å². The zero-order chi connectivity index (χ0) is 27.2. The number of carbonyl (C=O) groups excluding carboxylic acids is 2. The van der Waals surface area contributed by atoms with Gasteiger partial charge in [0.05, 0.1) is 24.2 Å². The number of hydrogen-bond acceptors (Lipinski definition) is 4. The molecule has 0 N–H and O–H groups in total. The maximum absolute atomic E-state index is 13.2. The largest absolute Gasteiger partial charge is 0.466 e. The topological polar surface area (TPSA) is 74.8 Å². The number of nitrogens with zero attached hydrogens (tertiary/aromatic N) is 3. The standard InChI is InChI=1S/C26H32F2IN3O4S/c1-18(33)36-12-6-11-31-22-10-9-21(29)16-23(22)32(17-35-13-14-37(2,3)4)26(31)30-25(34)20-8-5-7-19(15-20)24(27)28/h5,7-10,15-16,24H,6,11-14,17H2,1-4H3. The third-order valence-corrected chi connectivity index (χ3v) is 7.54. The summed E-state index contributed by atoms with van der Waals surface area (Å²) in [5.41, 5.74) is 1.85. The number of hydrogen-bond donors (Lipinski definition) is 0. The van der Waals surface area contributed by atoms with Crippen molar-refractivity contribution >= 4 is 55.5 Å². The van der Waals surface area contributed by atoms with E-state index in [1.54, 1.807) is 0 Å². The second-order valence-corrected chi connectivity index (χ2v) is 15.2. The molecular weight excluding hydrogens is 615 g/mol. The highest BCUT2D eigenvalue weighted by Crippen LogP contribution is 2.33. The number of benzene rings is 2. The number of fused-ring (bicyclic) bond motifs is 1. The maximum atomic E-state index is 13.2. The minimum Gasteiger partial charge on any atom is -0.466 e. The summed E-state index contributed by atoms with van der Waals surface area (Å²) in [7, 11) is -0.742. The Balaban J connectivity index is 2.08. The van der Waals surface area contributed by atoms with Crippen molar-refractivity contribution in [2.24, 2.45) is 4.99 Å². The summed E-state index contributed by atoms with van der Waals surface area (Å²) in [6, 6.07) is 11.2. The number of alkyl halides is 2. The van der Waals surface area contributed by atoms with Gasteiger partial charge in [-0.15, -0.1) is 0 Å². The van der Waals surface area contributed by atoms with Crippen LogP contribution in [-0.2, 0) is 27.5 Å². The lowest BCUT2D eigenvalue weighted by molar-refractivity contribution is -0.141. The van der Waals surface area contributed by atoms with E-state index in [9.17, 15) is 18.4 Å². The predicted molar refractivity (Wildman–Crippen MR) is 151 cm³/mol. The number of halogens is 3. The predicted octanol–water partition coefficient (Wildman–Crippen LogP) is 5.35. The number of amides is 1. The summed E-state index contributed by atoms with van der Waals surface area (Å²) in [6.07, 6.45) is 4.46. The summed E-state index contributed by atoms with van der Waals surface area (Å²) in [4.78, 5) is 28.8. The third kappa shape index (κ3) is 8.37. The number of aromatic nitrogens is 2. The molecule has 3 aromatic rings. The minimum absolute atomic E-state index is 0.0768. The average Bonchev–Trinajstić information content (AvgIpc) is 3.10. The molecule has 2 aromatic carbocycles. The van der Waals surface area contributed by atoms with Crippen molar-refractivity contribution in [2.45, 2.75) is 33.0 Å². The van der Waals surface area contributed by atoms with Crippen LogP contribution < -0.4 is 5.62 Å². The van der Waals surface area contributed by atoms with E-state index < -0.39 is 22.4 Å².